The Labute approximate surface area is 129 Å². The first kappa shape index (κ1) is 15.2. The highest BCUT2D eigenvalue weighted by Crippen LogP contribution is 2.23. The molecule has 0 aliphatic carbocycles. The zero-order chi connectivity index (χ0) is 15.2. The SMILES string of the molecule is COc1cc(Cl)ccc1CN=C(N)Nc1cccc(C)c1. The van der Waals surface area contributed by atoms with E-state index in [2.05, 4.69) is 10.3 Å². The summed E-state index contributed by atoms with van der Waals surface area (Å²) in [6.07, 6.45) is 0. The predicted octanol–water partition coefficient (Wildman–Crippen LogP) is 3.58. The normalized spacial score (nSPS) is 11.3. The molecule has 0 bridgehead atoms. The van der Waals surface area contributed by atoms with Crippen LogP contribution in [0.2, 0.25) is 5.02 Å². The van der Waals surface area contributed by atoms with E-state index in [9.17, 15) is 0 Å². The van der Waals surface area contributed by atoms with E-state index in [0.717, 1.165) is 16.8 Å². The first-order chi connectivity index (χ1) is 10.1. The minimum absolute atomic E-state index is 0.359. The van der Waals surface area contributed by atoms with Crippen LogP contribution >= 0.6 is 11.6 Å². The molecule has 0 unspecified atom stereocenters. The molecular formula is C16H18ClN3O. The third-order valence-electron chi connectivity index (χ3n) is 2.96. The fourth-order valence-electron chi connectivity index (χ4n) is 1.93. The number of aryl methyl sites for hydroxylation is 1. The van der Waals surface area contributed by atoms with E-state index in [1.807, 2.05) is 37.3 Å². The largest absolute Gasteiger partial charge is 0.496 e. The number of hydrogen-bond acceptors (Lipinski definition) is 2. The quantitative estimate of drug-likeness (QED) is 0.670. The molecule has 0 aliphatic rings. The Hall–Kier alpha value is -2.20. The second-order valence-electron chi connectivity index (χ2n) is 4.65. The predicted molar refractivity (Wildman–Crippen MR) is 88.1 cm³/mol. The third-order valence-corrected chi connectivity index (χ3v) is 3.19. The second-order valence-corrected chi connectivity index (χ2v) is 5.09. The number of hydrogen-bond donors (Lipinski definition) is 2. The summed E-state index contributed by atoms with van der Waals surface area (Å²) in [5.41, 5.74) is 8.90. The fraction of sp³-hybridized carbons (Fsp3) is 0.188. The standard InChI is InChI=1S/C16H18ClN3O/c1-11-4-3-5-14(8-11)20-16(18)19-10-12-6-7-13(17)9-15(12)21-2/h3-9H,10H2,1-2H3,(H3,18,19,20). The summed E-state index contributed by atoms with van der Waals surface area (Å²) in [5.74, 6) is 1.06. The molecule has 0 spiro atoms. The van der Waals surface area contributed by atoms with Crippen molar-refractivity contribution in [1.29, 1.82) is 0 Å². The Balaban J connectivity index is 2.07. The lowest BCUT2D eigenvalue weighted by molar-refractivity contribution is 0.410. The number of methoxy groups -OCH3 is 1. The third kappa shape index (κ3) is 4.39. The van der Waals surface area contributed by atoms with Crippen molar-refractivity contribution in [3.05, 3.63) is 58.6 Å². The van der Waals surface area contributed by atoms with Gasteiger partial charge in [0.1, 0.15) is 5.75 Å². The summed E-state index contributed by atoms with van der Waals surface area (Å²) >= 11 is 5.93. The van der Waals surface area contributed by atoms with E-state index < -0.39 is 0 Å². The van der Waals surface area contributed by atoms with Gasteiger partial charge in [-0.2, -0.15) is 0 Å². The molecule has 0 aliphatic heterocycles. The lowest BCUT2D eigenvalue weighted by atomic mass is 10.2. The molecule has 0 fully saturated rings. The van der Waals surface area contributed by atoms with Crippen LogP contribution in [-0.4, -0.2) is 13.1 Å². The van der Waals surface area contributed by atoms with Crippen LogP contribution in [0.25, 0.3) is 0 Å². The Morgan fingerprint density at radius 2 is 2.10 bits per heavy atom. The number of nitrogens with zero attached hydrogens (tertiary/aromatic N) is 1. The molecule has 2 aromatic carbocycles. The molecule has 0 saturated heterocycles. The summed E-state index contributed by atoms with van der Waals surface area (Å²) < 4.78 is 5.28. The summed E-state index contributed by atoms with van der Waals surface area (Å²) in [4.78, 5) is 4.32. The van der Waals surface area contributed by atoms with Crippen molar-refractivity contribution in [2.45, 2.75) is 13.5 Å². The summed E-state index contributed by atoms with van der Waals surface area (Å²) in [5, 5.41) is 3.69. The van der Waals surface area contributed by atoms with Gasteiger partial charge >= 0.3 is 0 Å². The van der Waals surface area contributed by atoms with Crippen LogP contribution in [0.15, 0.2) is 47.5 Å². The maximum Gasteiger partial charge on any atom is 0.193 e. The zero-order valence-electron chi connectivity index (χ0n) is 12.1. The summed E-state index contributed by atoms with van der Waals surface area (Å²) in [6, 6.07) is 13.4. The highest BCUT2D eigenvalue weighted by Gasteiger charge is 2.03. The maximum atomic E-state index is 5.93. The molecule has 0 radical (unpaired) electrons. The number of ether oxygens (including phenoxy) is 1. The van der Waals surface area contributed by atoms with E-state index in [4.69, 9.17) is 22.1 Å². The summed E-state index contributed by atoms with van der Waals surface area (Å²) in [7, 11) is 1.60. The van der Waals surface area contributed by atoms with Gasteiger partial charge in [0.05, 0.1) is 13.7 Å². The number of nitrogens with two attached hydrogens (primary N) is 1. The Kier molecular flexibility index (Phi) is 5.06. The molecule has 0 aromatic heterocycles. The first-order valence-electron chi connectivity index (χ1n) is 6.54. The number of nitrogens with one attached hydrogen (secondary N) is 1. The van der Waals surface area contributed by atoms with Crippen LogP contribution in [-0.2, 0) is 6.54 Å². The fourth-order valence-corrected chi connectivity index (χ4v) is 2.09. The lowest BCUT2D eigenvalue weighted by Crippen LogP contribution is -2.22. The van der Waals surface area contributed by atoms with E-state index in [0.29, 0.717) is 23.3 Å². The highest BCUT2D eigenvalue weighted by atomic mass is 35.5. The molecule has 2 aromatic rings. The monoisotopic (exact) mass is 303 g/mol. The van der Waals surface area contributed by atoms with Gasteiger partial charge < -0.3 is 15.8 Å². The molecule has 0 amide bonds. The minimum atomic E-state index is 0.359. The molecule has 4 nitrogen and oxygen atoms in total. The van der Waals surface area contributed by atoms with Crippen LogP contribution in [0.1, 0.15) is 11.1 Å². The topological polar surface area (TPSA) is 59.6 Å². The van der Waals surface area contributed by atoms with Gasteiger partial charge in [-0.25, -0.2) is 4.99 Å². The molecule has 2 rings (SSSR count). The maximum absolute atomic E-state index is 5.93. The van der Waals surface area contributed by atoms with Crippen LogP contribution in [0.3, 0.4) is 0 Å². The van der Waals surface area contributed by atoms with Gasteiger partial charge in [-0.05, 0) is 36.8 Å². The second kappa shape index (κ2) is 6.99. The lowest BCUT2D eigenvalue weighted by Gasteiger charge is -2.09. The summed E-state index contributed by atoms with van der Waals surface area (Å²) in [6.45, 7) is 2.45. The van der Waals surface area contributed by atoms with Crippen molar-refractivity contribution in [1.82, 2.24) is 0 Å². The molecule has 0 heterocycles. The average molecular weight is 304 g/mol. The van der Waals surface area contributed by atoms with Gasteiger partial charge in [0.15, 0.2) is 5.96 Å². The molecule has 0 saturated carbocycles. The Morgan fingerprint density at radius 1 is 1.29 bits per heavy atom. The number of guanidine groups is 1. The van der Waals surface area contributed by atoms with Gasteiger partial charge in [0.2, 0.25) is 0 Å². The van der Waals surface area contributed by atoms with Crippen molar-refractivity contribution < 1.29 is 4.74 Å². The molecule has 0 atom stereocenters. The molecule has 21 heavy (non-hydrogen) atoms. The van der Waals surface area contributed by atoms with E-state index in [1.165, 1.54) is 0 Å². The van der Waals surface area contributed by atoms with Crippen LogP contribution in [0.4, 0.5) is 5.69 Å². The van der Waals surface area contributed by atoms with E-state index >= 15 is 0 Å². The van der Waals surface area contributed by atoms with Gasteiger partial charge in [-0.15, -0.1) is 0 Å². The first-order valence-corrected chi connectivity index (χ1v) is 6.92. The number of rotatable bonds is 4. The average Bonchev–Trinajstić information content (AvgIpc) is 2.45. The van der Waals surface area contributed by atoms with Crippen molar-refractivity contribution >= 4 is 23.2 Å². The number of benzene rings is 2. The molecular weight excluding hydrogens is 286 g/mol. The van der Waals surface area contributed by atoms with Crippen molar-refractivity contribution in [2.24, 2.45) is 10.7 Å². The van der Waals surface area contributed by atoms with Crippen molar-refractivity contribution in [3.8, 4) is 5.75 Å². The van der Waals surface area contributed by atoms with Crippen LogP contribution < -0.4 is 15.8 Å². The molecule has 110 valence electrons. The molecule has 3 N–H and O–H groups in total. The smallest absolute Gasteiger partial charge is 0.193 e. The number of halogens is 1. The number of aliphatic imine (C=N–C) groups is 1. The van der Waals surface area contributed by atoms with Crippen molar-refractivity contribution in [2.75, 3.05) is 12.4 Å². The van der Waals surface area contributed by atoms with Crippen LogP contribution in [0, 0.1) is 6.92 Å². The Bertz CT molecular complexity index is 656. The Morgan fingerprint density at radius 3 is 2.81 bits per heavy atom. The van der Waals surface area contributed by atoms with Crippen LogP contribution in [0.5, 0.6) is 5.75 Å². The van der Waals surface area contributed by atoms with E-state index in [-0.39, 0.29) is 0 Å². The highest BCUT2D eigenvalue weighted by molar-refractivity contribution is 6.30. The van der Waals surface area contributed by atoms with Crippen molar-refractivity contribution in [3.63, 3.8) is 0 Å². The van der Waals surface area contributed by atoms with Gasteiger partial charge in [-0.1, -0.05) is 29.8 Å². The molecule has 5 heteroatoms. The van der Waals surface area contributed by atoms with Gasteiger partial charge in [0, 0.05) is 16.3 Å². The van der Waals surface area contributed by atoms with Gasteiger partial charge in [0.25, 0.3) is 0 Å². The van der Waals surface area contributed by atoms with Gasteiger partial charge in [-0.3, -0.25) is 0 Å². The minimum Gasteiger partial charge on any atom is -0.496 e. The zero-order valence-corrected chi connectivity index (χ0v) is 12.8. The van der Waals surface area contributed by atoms with E-state index in [1.54, 1.807) is 19.2 Å². The number of anilines is 1.